The van der Waals surface area contributed by atoms with Gasteiger partial charge in [-0.15, -0.1) is 0 Å². The van der Waals surface area contributed by atoms with E-state index in [4.69, 9.17) is 9.84 Å². The Morgan fingerprint density at radius 1 is 1.14 bits per heavy atom. The fourth-order valence-electron chi connectivity index (χ4n) is 2.11. The van der Waals surface area contributed by atoms with Crippen molar-refractivity contribution in [3.05, 3.63) is 59.9 Å². The minimum absolute atomic E-state index is 0.259. The van der Waals surface area contributed by atoms with Gasteiger partial charge in [0.1, 0.15) is 12.1 Å². The van der Waals surface area contributed by atoms with Crippen LogP contribution in [0.15, 0.2) is 48.8 Å². The van der Waals surface area contributed by atoms with Crippen LogP contribution in [0.25, 0.3) is 10.9 Å². The van der Waals surface area contributed by atoms with Crippen molar-refractivity contribution in [2.75, 3.05) is 0 Å². The lowest BCUT2D eigenvalue weighted by molar-refractivity contribution is 0.0696. The molecule has 5 nitrogen and oxygen atoms in total. The molecule has 21 heavy (non-hydrogen) atoms. The zero-order chi connectivity index (χ0) is 14.8. The van der Waals surface area contributed by atoms with Gasteiger partial charge in [-0.05, 0) is 42.8 Å². The van der Waals surface area contributed by atoms with Gasteiger partial charge in [-0.1, -0.05) is 12.1 Å². The van der Waals surface area contributed by atoms with E-state index in [0.717, 1.165) is 10.9 Å². The average molecular weight is 280 g/mol. The third kappa shape index (κ3) is 2.53. The van der Waals surface area contributed by atoms with Crippen molar-refractivity contribution >= 4 is 16.9 Å². The second-order valence-corrected chi connectivity index (χ2v) is 4.58. The summed E-state index contributed by atoms with van der Waals surface area (Å²) in [5.74, 6) is 0.0379. The number of carboxylic acid groups (broad SMARTS) is 1. The number of fused-ring (bicyclic) bond motifs is 1. The molecule has 2 aromatic carbocycles. The van der Waals surface area contributed by atoms with E-state index >= 15 is 0 Å². The largest absolute Gasteiger partial charge is 0.478 e. The number of aryl methyl sites for hydroxylation is 1. The first kappa shape index (κ1) is 13.1. The molecule has 0 aliphatic heterocycles. The fourth-order valence-corrected chi connectivity index (χ4v) is 2.11. The minimum Gasteiger partial charge on any atom is -0.478 e. The zero-order valence-corrected chi connectivity index (χ0v) is 11.3. The van der Waals surface area contributed by atoms with Crippen LogP contribution in [0.2, 0.25) is 0 Å². The number of nitrogens with zero attached hydrogens (tertiary/aromatic N) is 2. The zero-order valence-electron chi connectivity index (χ0n) is 11.3. The van der Waals surface area contributed by atoms with E-state index in [9.17, 15) is 4.79 Å². The summed E-state index contributed by atoms with van der Waals surface area (Å²) in [6.07, 6.45) is 1.44. The van der Waals surface area contributed by atoms with E-state index in [-0.39, 0.29) is 5.56 Å². The summed E-state index contributed by atoms with van der Waals surface area (Å²) in [7, 11) is 0. The van der Waals surface area contributed by atoms with Crippen LogP contribution in [0.3, 0.4) is 0 Å². The van der Waals surface area contributed by atoms with Crippen molar-refractivity contribution in [1.82, 2.24) is 9.97 Å². The summed E-state index contributed by atoms with van der Waals surface area (Å²) in [5.41, 5.74) is 1.69. The fraction of sp³-hybridized carbons (Fsp3) is 0.0625. The van der Waals surface area contributed by atoms with E-state index in [1.807, 2.05) is 24.3 Å². The van der Waals surface area contributed by atoms with Crippen molar-refractivity contribution in [1.29, 1.82) is 0 Å². The number of hydrogen-bond donors (Lipinski definition) is 1. The molecule has 1 aromatic heterocycles. The van der Waals surface area contributed by atoms with Gasteiger partial charge >= 0.3 is 5.97 Å². The summed E-state index contributed by atoms with van der Waals surface area (Å²) in [4.78, 5) is 19.3. The quantitative estimate of drug-likeness (QED) is 0.795. The Hall–Kier alpha value is -2.95. The maximum absolute atomic E-state index is 11.0. The number of benzene rings is 2. The lowest BCUT2D eigenvalue weighted by Gasteiger charge is -2.09. The molecule has 0 spiro atoms. The molecule has 0 amide bonds. The van der Waals surface area contributed by atoms with Crippen LogP contribution in [0.1, 0.15) is 15.9 Å². The molecular formula is C16H12N2O3. The molecule has 3 rings (SSSR count). The molecular weight excluding hydrogens is 268 g/mol. The predicted molar refractivity (Wildman–Crippen MR) is 77.8 cm³/mol. The van der Waals surface area contributed by atoms with Gasteiger partial charge in [0.25, 0.3) is 0 Å². The Morgan fingerprint density at radius 2 is 1.95 bits per heavy atom. The third-order valence-corrected chi connectivity index (χ3v) is 3.15. The van der Waals surface area contributed by atoms with Crippen molar-refractivity contribution in [3.8, 4) is 11.6 Å². The highest BCUT2D eigenvalue weighted by atomic mass is 16.5. The van der Waals surface area contributed by atoms with Crippen LogP contribution in [-0.4, -0.2) is 21.0 Å². The summed E-state index contributed by atoms with van der Waals surface area (Å²) < 4.78 is 5.76. The normalized spacial score (nSPS) is 10.5. The van der Waals surface area contributed by atoms with E-state index < -0.39 is 5.97 Å². The number of aromatic nitrogens is 2. The molecule has 0 aliphatic carbocycles. The highest BCUT2D eigenvalue weighted by Gasteiger charge is 2.10. The molecule has 1 heterocycles. The Morgan fingerprint density at radius 3 is 2.71 bits per heavy atom. The Kier molecular flexibility index (Phi) is 3.23. The molecule has 0 radical (unpaired) electrons. The Labute approximate surface area is 120 Å². The molecule has 5 heteroatoms. The number of carboxylic acids is 1. The van der Waals surface area contributed by atoms with Gasteiger partial charge < -0.3 is 9.84 Å². The van der Waals surface area contributed by atoms with Gasteiger partial charge in [-0.25, -0.2) is 14.8 Å². The molecule has 0 fully saturated rings. The lowest BCUT2D eigenvalue weighted by Crippen LogP contribution is -1.99. The Balaban J connectivity index is 1.99. The number of aromatic carboxylic acids is 1. The molecule has 104 valence electrons. The standard InChI is InChI=1S/C16H12N2O3/c1-10-8-11(6-7-12(10)16(19)20)21-15-13-4-2-3-5-14(13)17-9-18-15/h2-9H,1H3,(H,19,20). The second kappa shape index (κ2) is 5.20. The van der Waals surface area contributed by atoms with Gasteiger partial charge in [0.2, 0.25) is 5.88 Å². The molecule has 0 bridgehead atoms. The highest BCUT2D eigenvalue weighted by molar-refractivity contribution is 5.89. The van der Waals surface area contributed by atoms with Gasteiger partial charge in [0, 0.05) is 0 Å². The van der Waals surface area contributed by atoms with Gasteiger partial charge in [-0.3, -0.25) is 0 Å². The summed E-state index contributed by atoms with van der Waals surface area (Å²) in [6.45, 7) is 1.73. The van der Waals surface area contributed by atoms with Crippen LogP contribution in [0.5, 0.6) is 11.6 Å². The van der Waals surface area contributed by atoms with Crippen molar-refractivity contribution in [2.45, 2.75) is 6.92 Å². The number of carbonyl (C=O) groups is 1. The maximum atomic E-state index is 11.0. The predicted octanol–water partition coefficient (Wildman–Crippen LogP) is 3.43. The van der Waals surface area contributed by atoms with Gasteiger partial charge in [0.15, 0.2) is 0 Å². The van der Waals surface area contributed by atoms with Crippen LogP contribution >= 0.6 is 0 Å². The topological polar surface area (TPSA) is 72.3 Å². The molecule has 0 saturated carbocycles. The van der Waals surface area contributed by atoms with Crippen LogP contribution in [0, 0.1) is 6.92 Å². The van der Waals surface area contributed by atoms with Crippen LogP contribution in [-0.2, 0) is 0 Å². The smallest absolute Gasteiger partial charge is 0.335 e. The first-order valence-corrected chi connectivity index (χ1v) is 6.36. The van der Waals surface area contributed by atoms with E-state index in [0.29, 0.717) is 17.2 Å². The monoisotopic (exact) mass is 280 g/mol. The summed E-state index contributed by atoms with van der Waals surface area (Å²) in [6, 6.07) is 12.4. The molecule has 3 aromatic rings. The van der Waals surface area contributed by atoms with E-state index in [1.54, 1.807) is 19.1 Å². The third-order valence-electron chi connectivity index (χ3n) is 3.15. The molecule has 0 atom stereocenters. The van der Waals surface area contributed by atoms with Crippen molar-refractivity contribution < 1.29 is 14.6 Å². The summed E-state index contributed by atoms with van der Waals surface area (Å²) in [5, 5.41) is 9.83. The number of hydrogen-bond acceptors (Lipinski definition) is 4. The van der Waals surface area contributed by atoms with Crippen LogP contribution in [0.4, 0.5) is 0 Å². The first-order valence-electron chi connectivity index (χ1n) is 6.36. The number of para-hydroxylation sites is 1. The van der Waals surface area contributed by atoms with Crippen LogP contribution < -0.4 is 4.74 Å². The second-order valence-electron chi connectivity index (χ2n) is 4.58. The average Bonchev–Trinajstić information content (AvgIpc) is 2.47. The van der Waals surface area contributed by atoms with E-state index in [2.05, 4.69) is 9.97 Å². The minimum atomic E-state index is -0.952. The Bertz CT molecular complexity index is 825. The first-order chi connectivity index (χ1) is 10.1. The van der Waals surface area contributed by atoms with E-state index in [1.165, 1.54) is 12.4 Å². The van der Waals surface area contributed by atoms with Gasteiger partial charge in [-0.2, -0.15) is 0 Å². The SMILES string of the molecule is Cc1cc(Oc2ncnc3ccccc23)ccc1C(=O)O. The lowest BCUT2D eigenvalue weighted by atomic mass is 10.1. The van der Waals surface area contributed by atoms with Crippen molar-refractivity contribution in [3.63, 3.8) is 0 Å². The molecule has 0 saturated heterocycles. The number of ether oxygens (including phenoxy) is 1. The molecule has 0 unspecified atom stereocenters. The van der Waals surface area contributed by atoms with Crippen molar-refractivity contribution in [2.24, 2.45) is 0 Å². The number of rotatable bonds is 3. The highest BCUT2D eigenvalue weighted by Crippen LogP contribution is 2.27. The molecule has 1 N–H and O–H groups in total. The summed E-state index contributed by atoms with van der Waals surface area (Å²) >= 11 is 0. The molecule has 0 aliphatic rings. The maximum Gasteiger partial charge on any atom is 0.335 e. The van der Waals surface area contributed by atoms with Gasteiger partial charge in [0.05, 0.1) is 16.5 Å².